The number of nitrogens with one attached hydrogen (secondary N) is 1. The van der Waals surface area contributed by atoms with Crippen LogP contribution in [0, 0.1) is 11.6 Å². The SMILES string of the molecule is CC1(O)CC(NS(=O)(=O)c2cc(Br)c(F)cc2F)C1. The molecule has 2 N–H and O–H groups in total. The molecule has 0 bridgehead atoms. The molecule has 1 aromatic carbocycles. The van der Waals surface area contributed by atoms with Gasteiger partial charge in [-0.15, -0.1) is 0 Å². The number of hydrogen-bond acceptors (Lipinski definition) is 3. The van der Waals surface area contributed by atoms with Gasteiger partial charge in [0.2, 0.25) is 10.0 Å². The average molecular weight is 356 g/mol. The summed E-state index contributed by atoms with van der Waals surface area (Å²) in [4.78, 5) is -0.618. The number of rotatable bonds is 3. The highest BCUT2D eigenvalue weighted by Gasteiger charge is 2.40. The molecule has 0 heterocycles. The molecule has 2 rings (SSSR count). The van der Waals surface area contributed by atoms with Crippen molar-refractivity contribution in [3.8, 4) is 0 Å². The Bertz CT molecular complexity index is 611. The maximum atomic E-state index is 13.5. The van der Waals surface area contributed by atoms with Crippen LogP contribution in [-0.4, -0.2) is 25.2 Å². The molecule has 19 heavy (non-hydrogen) atoms. The van der Waals surface area contributed by atoms with E-state index in [-0.39, 0.29) is 17.3 Å². The Kier molecular flexibility index (Phi) is 3.72. The van der Waals surface area contributed by atoms with Gasteiger partial charge in [0.15, 0.2) is 0 Å². The van der Waals surface area contributed by atoms with E-state index in [1.165, 1.54) is 0 Å². The summed E-state index contributed by atoms with van der Waals surface area (Å²) < 4.78 is 52.6. The monoisotopic (exact) mass is 355 g/mol. The molecule has 0 aliphatic heterocycles. The van der Waals surface area contributed by atoms with Crippen molar-refractivity contribution in [2.24, 2.45) is 0 Å². The quantitative estimate of drug-likeness (QED) is 0.814. The van der Waals surface area contributed by atoms with E-state index in [0.29, 0.717) is 6.07 Å². The van der Waals surface area contributed by atoms with Gasteiger partial charge < -0.3 is 5.11 Å². The zero-order valence-electron chi connectivity index (χ0n) is 9.95. The predicted molar refractivity (Wildman–Crippen MR) is 68.0 cm³/mol. The summed E-state index contributed by atoms with van der Waals surface area (Å²) in [6.07, 6.45) is 0.520. The van der Waals surface area contributed by atoms with Crippen molar-refractivity contribution in [1.82, 2.24) is 4.72 Å². The van der Waals surface area contributed by atoms with Crippen LogP contribution in [0.1, 0.15) is 19.8 Å². The van der Waals surface area contributed by atoms with E-state index < -0.39 is 38.2 Å². The van der Waals surface area contributed by atoms with Crippen LogP contribution in [0.4, 0.5) is 8.78 Å². The van der Waals surface area contributed by atoms with Crippen LogP contribution in [0.25, 0.3) is 0 Å². The van der Waals surface area contributed by atoms with E-state index in [4.69, 9.17) is 0 Å². The van der Waals surface area contributed by atoms with Crippen molar-refractivity contribution in [2.75, 3.05) is 0 Å². The molecule has 0 unspecified atom stereocenters. The van der Waals surface area contributed by atoms with Gasteiger partial charge in [0.1, 0.15) is 16.5 Å². The Balaban J connectivity index is 2.23. The Morgan fingerprint density at radius 1 is 1.37 bits per heavy atom. The number of hydrogen-bond donors (Lipinski definition) is 2. The molecule has 8 heteroatoms. The van der Waals surface area contributed by atoms with Gasteiger partial charge >= 0.3 is 0 Å². The lowest BCUT2D eigenvalue weighted by Crippen LogP contribution is -2.53. The van der Waals surface area contributed by atoms with E-state index in [1.54, 1.807) is 6.92 Å². The van der Waals surface area contributed by atoms with E-state index >= 15 is 0 Å². The van der Waals surface area contributed by atoms with Crippen LogP contribution < -0.4 is 4.72 Å². The van der Waals surface area contributed by atoms with Gasteiger partial charge in [-0.05, 0) is 41.8 Å². The van der Waals surface area contributed by atoms with Crippen molar-refractivity contribution in [2.45, 2.75) is 36.3 Å². The van der Waals surface area contributed by atoms with Crippen LogP contribution in [0.2, 0.25) is 0 Å². The Morgan fingerprint density at radius 2 is 1.95 bits per heavy atom. The van der Waals surface area contributed by atoms with Crippen molar-refractivity contribution in [3.05, 3.63) is 28.2 Å². The number of benzene rings is 1. The Labute approximate surface area is 118 Å². The van der Waals surface area contributed by atoms with Gasteiger partial charge in [-0.2, -0.15) is 0 Å². The Morgan fingerprint density at radius 3 is 2.47 bits per heavy atom. The largest absolute Gasteiger partial charge is 0.390 e. The molecule has 1 aliphatic carbocycles. The second kappa shape index (κ2) is 4.76. The van der Waals surface area contributed by atoms with Crippen LogP contribution in [0.5, 0.6) is 0 Å². The van der Waals surface area contributed by atoms with E-state index in [9.17, 15) is 22.3 Å². The van der Waals surface area contributed by atoms with Crippen LogP contribution in [-0.2, 0) is 10.0 Å². The van der Waals surface area contributed by atoms with Crippen LogP contribution >= 0.6 is 15.9 Å². The zero-order valence-corrected chi connectivity index (χ0v) is 12.4. The van der Waals surface area contributed by atoms with Crippen LogP contribution in [0.3, 0.4) is 0 Å². The van der Waals surface area contributed by atoms with Gasteiger partial charge in [-0.3, -0.25) is 0 Å². The summed E-state index contributed by atoms with van der Waals surface area (Å²) in [6, 6.07) is 0.947. The maximum Gasteiger partial charge on any atom is 0.243 e. The molecule has 1 saturated carbocycles. The standard InChI is InChI=1S/C11H12BrF2NO3S/c1-11(16)4-6(5-11)15-19(17,18)10-2-7(12)8(13)3-9(10)14/h2-3,6,15-16H,4-5H2,1H3. The molecule has 1 aromatic rings. The summed E-state index contributed by atoms with van der Waals surface area (Å²) >= 11 is 2.81. The summed E-state index contributed by atoms with van der Waals surface area (Å²) in [7, 11) is -4.07. The van der Waals surface area contributed by atoms with E-state index in [2.05, 4.69) is 20.7 Å². The highest BCUT2D eigenvalue weighted by atomic mass is 79.9. The molecular weight excluding hydrogens is 344 g/mol. The Hall–Kier alpha value is -0.570. The molecule has 0 amide bonds. The zero-order chi connectivity index (χ0) is 14.4. The van der Waals surface area contributed by atoms with Gasteiger partial charge in [-0.1, -0.05) is 0 Å². The topological polar surface area (TPSA) is 66.4 Å². The first-order valence-corrected chi connectivity index (χ1v) is 7.78. The average Bonchev–Trinajstić information content (AvgIpc) is 2.20. The lowest BCUT2D eigenvalue weighted by atomic mass is 9.78. The molecule has 106 valence electrons. The minimum atomic E-state index is -4.07. The first-order chi connectivity index (χ1) is 8.61. The van der Waals surface area contributed by atoms with Gasteiger partial charge in [0.05, 0.1) is 10.1 Å². The molecule has 4 nitrogen and oxygen atoms in total. The lowest BCUT2D eigenvalue weighted by molar-refractivity contribution is -0.0329. The van der Waals surface area contributed by atoms with Crippen LogP contribution in [0.15, 0.2) is 21.5 Å². The predicted octanol–water partition coefficient (Wildman–Crippen LogP) is 1.92. The van der Waals surface area contributed by atoms with Gasteiger partial charge in [-0.25, -0.2) is 21.9 Å². The fourth-order valence-electron chi connectivity index (χ4n) is 2.08. The molecular formula is C11H12BrF2NO3S. The summed E-state index contributed by atoms with van der Waals surface area (Å²) in [5.41, 5.74) is -0.894. The third-order valence-electron chi connectivity index (χ3n) is 2.96. The highest BCUT2D eigenvalue weighted by molar-refractivity contribution is 9.10. The highest BCUT2D eigenvalue weighted by Crippen LogP contribution is 2.33. The summed E-state index contributed by atoms with van der Waals surface area (Å²) in [6.45, 7) is 1.59. The summed E-state index contributed by atoms with van der Waals surface area (Å²) in [5, 5.41) is 9.52. The third kappa shape index (κ3) is 3.13. The van der Waals surface area contributed by atoms with Crippen molar-refractivity contribution in [3.63, 3.8) is 0 Å². The fourth-order valence-corrected chi connectivity index (χ4v) is 3.89. The van der Waals surface area contributed by atoms with Gasteiger partial charge in [0, 0.05) is 12.1 Å². The van der Waals surface area contributed by atoms with Crippen molar-refractivity contribution in [1.29, 1.82) is 0 Å². The summed E-state index contributed by atoms with van der Waals surface area (Å²) in [5.74, 6) is -2.03. The molecule has 1 aliphatic rings. The second-order valence-corrected chi connectivity index (χ2v) is 7.46. The minimum Gasteiger partial charge on any atom is -0.390 e. The number of halogens is 3. The first kappa shape index (κ1) is 14.8. The molecule has 0 atom stereocenters. The smallest absolute Gasteiger partial charge is 0.243 e. The fraction of sp³-hybridized carbons (Fsp3) is 0.455. The first-order valence-electron chi connectivity index (χ1n) is 5.50. The van der Waals surface area contributed by atoms with E-state index in [1.807, 2.05) is 0 Å². The number of sulfonamides is 1. The van der Waals surface area contributed by atoms with Crippen molar-refractivity contribution < 1.29 is 22.3 Å². The van der Waals surface area contributed by atoms with Crippen molar-refractivity contribution >= 4 is 26.0 Å². The van der Waals surface area contributed by atoms with Gasteiger partial charge in [0.25, 0.3) is 0 Å². The second-order valence-electron chi connectivity index (χ2n) is 4.92. The number of aliphatic hydroxyl groups is 1. The molecule has 0 saturated heterocycles. The molecule has 1 fully saturated rings. The maximum absolute atomic E-state index is 13.5. The molecule has 0 radical (unpaired) electrons. The normalized spacial score (nSPS) is 27.1. The molecule has 0 spiro atoms. The van der Waals surface area contributed by atoms with E-state index in [0.717, 1.165) is 6.07 Å². The molecule has 0 aromatic heterocycles. The lowest BCUT2D eigenvalue weighted by Gasteiger charge is -2.40. The third-order valence-corrected chi connectivity index (χ3v) is 5.10. The minimum absolute atomic E-state index is 0.130.